The number of aromatic amines is 1. The number of nitrogens with zero attached hydrogens (tertiary/aromatic N) is 1. The van der Waals surface area contributed by atoms with Crippen molar-refractivity contribution in [3.8, 4) is 0 Å². The van der Waals surface area contributed by atoms with Crippen LogP contribution in [0.2, 0.25) is 0 Å². The maximum atomic E-state index is 13.7. The van der Waals surface area contributed by atoms with Crippen molar-refractivity contribution in [2.45, 2.75) is 156 Å². The lowest BCUT2D eigenvalue weighted by Crippen LogP contribution is -2.51. The van der Waals surface area contributed by atoms with Gasteiger partial charge in [0.2, 0.25) is 41.4 Å². The van der Waals surface area contributed by atoms with Crippen LogP contribution in [-0.2, 0) is 44.8 Å². The Morgan fingerprint density at radius 3 is 1.58 bits per heavy atom. The molecule has 1 aromatic rings. The van der Waals surface area contributed by atoms with Crippen LogP contribution in [0.25, 0.3) is 0 Å². The molecule has 0 aliphatic heterocycles. The first-order valence-corrected chi connectivity index (χ1v) is 23.4. The lowest BCUT2D eigenvalue weighted by Gasteiger charge is -2.28. The fourth-order valence-corrected chi connectivity index (χ4v) is 6.95. The van der Waals surface area contributed by atoms with Gasteiger partial charge in [-0.1, -0.05) is 48.0 Å². The van der Waals surface area contributed by atoms with Gasteiger partial charge in [-0.05, 0) is 53.0 Å². The highest BCUT2D eigenvalue weighted by Gasteiger charge is 2.32. The van der Waals surface area contributed by atoms with Crippen LogP contribution in [-0.4, -0.2) is 124 Å². The Morgan fingerprint density at radius 2 is 1.12 bits per heavy atom. The van der Waals surface area contributed by atoms with E-state index < -0.39 is 89.7 Å². The first kappa shape index (κ1) is 58.3. The van der Waals surface area contributed by atoms with E-state index in [4.69, 9.17) is 16.6 Å². The predicted molar refractivity (Wildman–Crippen MR) is 251 cm³/mol. The van der Waals surface area contributed by atoms with Gasteiger partial charge in [-0.15, -0.1) is 0 Å². The van der Waals surface area contributed by atoms with Crippen LogP contribution in [0.4, 0.5) is 0 Å². The molecule has 0 aliphatic rings. The normalized spacial score (nSPS) is 17.0. The van der Waals surface area contributed by atoms with Crippen molar-refractivity contribution in [3.05, 3.63) is 18.2 Å². The summed E-state index contributed by atoms with van der Waals surface area (Å²) < 4.78 is 0. The molecule has 1 aromatic heterocycles. The minimum Gasteiger partial charge on any atom is -0.481 e. The molecular weight excluding hydrogens is 859 g/mol. The van der Waals surface area contributed by atoms with Crippen molar-refractivity contribution < 1.29 is 43.5 Å². The SMILES string of the molecule is CC(C)[C@@H](CNC(=O)[C@H](C)[C@H](C)NC(=O)[C@H](C)[C@H](C)NC(=O)C[C@@H](N)Cc1cnc[nH]1)C(=O)N[C@@H](CCCCN)CC(=O)N[C@@H](C)[C@@H](C)C(=O)N[C@@H](C)[C@@H](C)C(=O)N[C@@H](CS)CC(=O)O. The molecule has 0 aromatic carbocycles. The average molecular weight is 938 g/mol. The Bertz CT molecular complexity index is 1680. The monoisotopic (exact) mass is 938 g/mol. The lowest BCUT2D eigenvalue weighted by atomic mass is 9.93. The number of carboxylic acids is 1. The highest BCUT2D eigenvalue weighted by Crippen LogP contribution is 2.16. The number of aliphatic carboxylic acids is 1. The largest absolute Gasteiger partial charge is 0.481 e. The van der Waals surface area contributed by atoms with Crippen molar-refractivity contribution in [1.29, 1.82) is 0 Å². The summed E-state index contributed by atoms with van der Waals surface area (Å²) >= 11 is 4.11. The number of carbonyl (C=O) groups is 8. The second-order valence-electron chi connectivity index (χ2n) is 18.0. The molecule has 20 nitrogen and oxygen atoms in total. The van der Waals surface area contributed by atoms with E-state index >= 15 is 0 Å². The molecule has 370 valence electrons. The molecule has 0 aliphatic carbocycles. The minimum absolute atomic E-state index is 0.0114. The molecule has 21 heteroatoms. The number of hydrogen-bond acceptors (Lipinski definition) is 12. The highest BCUT2D eigenvalue weighted by atomic mass is 32.1. The van der Waals surface area contributed by atoms with Crippen LogP contribution in [0.1, 0.15) is 113 Å². The molecule has 0 saturated carbocycles. The van der Waals surface area contributed by atoms with E-state index in [0.717, 1.165) is 5.69 Å². The third kappa shape index (κ3) is 21.9. The molecule has 1 rings (SSSR count). The van der Waals surface area contributed by atoms with E-state index in [1.54, 1.807) is 61.6 Å². The van der Waals surface area contributed by atoms with E-state index in [1.807, 2.05) is 13.8 Å². The number of nitrogens with one attached hydrogen (secondary N) is 8. The summed E-state index contributed by atoms with van der Waals surface area (Å²) in [5.41, 5.74) is 12.7. The first-order valence-electron chi connectivity index (χ1n) is 22.7. The smallest absolute Gasteiger partial charge is 0.305 e. The number of nitrogens with two attached hydrogens (primary N) is 2. The van der Waals surface area contributed by atoms with E-state index in [1.165, 1.54) is 6.33 Å². The number of rotatable bonds is 31. The molecule has 12 atom stereocenters. The molecule has 13 N–H and O–H groups in total. The Labute approximate surface area is 390 Å². The second-order valence-corrected chi connectivity index (χ2v) is 18.3. The molecule has 7 amide bonds. The topological polar surface area (TPSA) is 322 Å². The van der Waals surface area contributed by atoms with Gasteiger partial charge in [-0.2, -0.15) is 12.6 Å². The number of unbranched alkanes of at least 4 members (excludes halogenated alkanes) is 1. The average Bonchev–Trinajstić information content (AvgIpc) is 3.74. The van der Waals surface area contributed by atoms with Crippen LogP contribution >= 0.6 is 12.6 Å². The summed E-state index contributed by atoms with van der Waals surface area (Å²) in [6.07, 6.45) is 5.12. The summed E-state index contributed by atoms with van der Waals surface area (Å²) in [7, 11) is 0. The van der Waals surface area contributed by atoms with E-state index in [2.05, 4.69) is 59.8 Å². The zero-order valence-corrected chi connectivity index (χ0v) is 40.9. The number of imidazole rings is 1. The van der Waals surface area contributed by atoms with Crippen LogP contribution in [0.3, 0.4) is 0 Å². The number of hydrogen-bond donors (Lipinski definition) is 12. The van der Waals surface area contributed by atoms with Crippen molar-refractivity contribution in [1.82, 2.24) is 47.2 Å². The predicted octanol–water partition coefficient (Wildman–Crippen LogP) is 0.514. The molecule has 0 bridgehead atoms. The number of carboxylic acid groups (broad SMARTS) is 1. The van der Waals surface area contributed by atoms with Crippen LogP contribution in [0, 0.1) is 35.5 Å². The summed E-state index contributed by atoms with van der Waals surface area (Å²) in [6.45, 7) is 17.6. The van der Waals surface area contributed by atoms with Crippen molar-refractivity contribution in [2.24, 2.45) is 47.0 Å². The van der Waals surface area contributed by atoms with Gasteiger partial charge in [0, 0.05) is 85.7 Å². The van der Waals surface area contributed by atoms with Gasteiger partial charge in [0.1, 0.15) is 0 Å². The quantitative estimate of drug-likeness (QED) is 0.0358. The van der Waals surface area contributed by atoms with Gasteiger partial charge in [-0.3, -0.25) is 38.4 Å². The molecule has 0 radical (unpaired) electrons. The molecular formula is C44H79N11O9S. The van der Waals surface area contributed by atoms with Gasteiger partial charge in [0.25, 0.3) is 0 Å². The summed E-state index contributed by atoms with van der Waals surface area (Å²) in [6, 6.07) is -3.97. The number of aromatic nitrogens is 2. The van der Waals surface area contributed by atoms with Crippen LogP contribution < -0.4 is 48.7 Å². The van der Waals surface area contributed by atoms with Crippen molar-refractivity contribution in [3.63, 3.8) is 0 Å². The Hall–Kier alpha value is -4.76. The zero-order chi connectivity index (χ0) is 49.6. The van der Waals surface area contributed by atoms with Gasteiger partial charge in [0.15, 0.2) is 0 Å². The molecule has 1 heterocycles. The third-order valence-electron chi connectivity index (χ3n) is 12.1. The zero-order valence-electron chi connectivity index (χ0n) is 40.0. The number of thiol groups is 1. The van der Waals surface area contributed by atoms with Gasteiger partial charge < -0.3 is 58.8 Å². The third-order valence-corrected chi connectivity index (χ3v) is 12.5. The minimum atomic E-state index is -1.07. The fourth-order valence-electron chi connectivity index (χ4n) is 6.73. The molecule has 0 spiro atoms. The summed E-state index contributed by atoms with van der Waals surface area (Å²) in [4.78, 5) is 110. The Kier molecular flexibility index (Phi) is 26.6. The molecule has 0 saturated heterocycles. The maximum absolute atomic E-state index is 13.7. The Morgan fingerprint density at radius 1 is 0.646 bits per heavy atom. The van der Waals surface area contributed by atoms with E-state index in [0.29, 0.717) is 32.2 Å². The van der Waals surface area contributed by atoms with E-state index in [9.17, 15) is 38.4 Å². The first-order chi connectivity index (χ1) is 30.4. The maximum Gasteiger partial charge on any atom is 0.305 e. The molecule has 0 unspecified atom stereocenters. The van der Waals surface area contributed by atoms with E-state index in [-0.39, 0.29) is 67.0 Å². The lowest BCUT2D eigenvalue weighted by molar-refractivity contribution is -0.138. The Balaban J connectivity index is 2.78. The van der Waals surface area contributed by atoms with Crippen LogP contribution in [0.15, 0.2) is 12.5 Å². The van der Waals surface area contributed by atoms with Gasteiger partial charge in [0.05, 0.1) is 42.3 Å². The molecule has 65 heavy (non-hydrogen) atoms. The van der Waals surface area contributed by atoms with Gasteiger partial charge in [-0.25, -0.2) is 4.98 Å². The molecule has 0 fully saturated rings. The standard InChI is InChI=1S/C44H79N11O9S/c1-23(2)36(20-48-40(60)24(3)30(9)52-41(61)25(4)28(7)50-37(56)16-32(46)15-34-19-47-22-49-34)44(64)54-33(13-11-12-14-45)17-38(57)51-29(8)26(5)42(62)53-31(10)27(6)43(63)55-35(21-65)18-39(58)59/h19,22-33,35-36,65H,11-18,20-21,45-46H2,1-10H3,(H,47,49)(H,48,60)(H,50,56)(H,51,57)(H,52,61)(H,53,62)(H,54,64)(H,55,63)(H,58,59)/t24-,25-,26-,27-,28+,29+,30+,31+,32+,33+,35-,36-/m1/s1. The number of carbonyl (C=O) groups excluding carboxylic acids is 7. The fraction of sp³-hybridized carbons (Fsp3) is 0.750. The highest BCUT2D eigenvalue weighted by molar-refractivity contribution is 7.80. The summed E-state index contributed by atoms with van der Waals surface area (Å²) in [5.74, 6) is -6.99. The number of amides is 7. The van der Waals surface area contributed by atoms with Crippen molar-refractivity contribution >= 4 is 59.9 Å². The second kappa shape index (κ2) is 29.7. The number of H-pyrrole nitrogens is 1. The van der Waals surface area contributed by atoms with Gasteiger partial charge >= 0.3 is 5.97 Å². The van der Waals surface area contributed by atoms with Crippen LogP contribution in [0.5, 0.6) is 0 Å². The van der Waals surface area contributed by atoms with Crippen molar-refractivity contribution in [2.75, 3.05) is 18.8 Å². The summed E-state index contributed by atoms with van der Waals surface area (Å²) in [5, 5.41) is 29.0.